The molecule has 5 rings (SSSR count). The minimum absolute atomic E-state index is 0.0200. The maximum atomic E-state index is 12.9. The Bertz CT molecular complexity index is 1240. The highest BCUT2D eigenvalue weighted by Crippen LogP contribution is 2.29. The number of thiazole rings is 1. The number of hydrogen-bond donors (Lipinski definition) is 4. The Balaban J connectivity index is 1.34. The third-order valence-electron chi connectivity index (χ3n) is 4.95. The van der Waals surface area contributed by atoms with Crippen LogP contribution < -0.4 is 11.1 Å². The van der Waals surface area contributed by atoms with Gasteiger partial charge in [0, 0.05) is 36.8 Å². The van der Waals surface area contributed by atoms with Crippen molar-refractivity contribution in [2.45, 2.75) is 19.5 Å². The number of primary amides is 1. The topological polar surface area (TPSA) is 146 Å². The van der Waals surface area contributed by atoms with Crippen LogP contribution in [0.4, 0.5) is 5.13 Å². The Hall–Kier alpha value is -3.57. The van der Waals surface area contributed by atoms with E-state index in [1.54, 1.807) is 24.4 Å². The highest BCUT2D eigenvalue weighted by Gasteiger charge is 2.23. The number of imidazole rings is 2. The Labute approximate surface area is 174 Å². The Morgan fingerprint density at radius 1 is 1.30 bits per heavy atom. The van der Waals surface area contributed by atoms with Crippen molar-refractivity contribution in [3.63, 3.8) is 0 Å². The lowest BCUT2D eigenvalue weighted by Crippen LogP contribution is -2.29. The number of fused-ring (bicyclic) bond motifs is 2. The second-order valence-electron chi connectivity index (χ2n) is 6.99. The van der Waals surface area contributed by atoms with Crippen molar-refractivity contribution in [1.82, 2.24) is 29.8 Å². The Morgan fingerprint density at radius 2 is 2.20 bits per heavy atom. The van der Waals surface area contributed by atoms with E-state index >= 15 is 0 Å². The number of aromatic nitrogens is 5. The van der Waals surface area contributed by atoms with Crippen molar-refractivity contribution in [2.75, 3.05) is 11.9 Å². The molecule has 5 N–H and O–H groups in total. The van der Waals surface area contributed by atoms with Crippen LogP contribution in [-0.4, -0.2) is 48.2 Å². The van der Waals surface area contributed by atoms with Gasteiger partial charge in [0.15, 0.2) is 11.0 Å². The first-order valence-electron chi connectivity index (χ1n) is 9.36. The average Bonchev–Trinajstić information content (AvgIpc) is 3.46. The largest absolute Gasteiger partial charge is 0.363 e. The Kier molecular flexibility index (Phi) is 4.52. The molecule has 0 unspecified atom stereocenters. The molecule has 3 aromatic heterocycles. The highest BCUT2D eigenvalue weighted by atomic mass is 32.1. The molecule has 30 heavy (non-hydrogen) atoms. The number of nitrogens with one attached hydrogen (secondary N) is 3. The predicted molar refractivity (Wildman–Crippen MR) is 111 cm³/mol. The third kappa shape index (κ3) is 3.44. The molecule has 1 aliphatic heterocycles. The molecule has 4 heterocycles. The zero-order valence-electron chi connectivity index (χ0n) is 15.8. The summed E-state index contributed by atoms with van der Waals surface area (Å²) < 4.78 is 0. The molecule has 0 saturated carbocycles. The summed E-state index contributed by atoms with van der Waals surface area (Å²) in [5, 5.41) is 3.42. The molecule has 0 atom stereocenters. The maximum Gasteiger partial charge on any atom is 0.284 e. The van der Waals surface area contributed by atoms with Crippen LogP contribution in [0.5, 0.6) is 0 Å². The molecule has 11 heteroatoms. The summed E-state index contributed by atoms with van der Waals surface area (Å²) in [5.41, 5.74) is 7.62. The van der Waals surface area contributed by atoms with E-state index in [-0.39, 0.29) is 11.7 Å². The number of H-pyrrole nitrogens is 2. The van der Waals surface area contributed by atoms with Crippen molar-refractivity contribution in [3.05, 3.63) is 58.4 Å². The van der Waals surface area contributed by atoms with Crippen LogP contribution >= 0.6 is 11.3 Å². The normalized spacial score (nSPS) is 14.0. The predicted octanol–water partition coefficient (Wildman–Crippen LogP) is 1.65. The zero-order valence-corrected chi connectivity index (χ0v) is 16.6. The van der Waals surface area contributed by atoms with E-state index in [9.17, 15) is 9.59 Å². The molecule has 0 saturated heterocycles. The fraction of sp³-hybridized carbons (Fsp3) is 0.211. The number of hydrogen-bond acceptors (Lipinski definition) is 7. The van der Waals surface area contributed by atoms with Crippen LogP contribution in [0.2, 0.25) is 0 Å². The van der Waals surface area contributed by atoms with Crippen LogP contribution in [0.3, 0.4) is 0 Å². The summed E-state index contributed by atoms with van der Waals surface area (Å²) in [6, 6.07) is 5.11. The van der Waals surface area contributed by atoms with Crippen molar-refractivity contribution in [1.29, 1.82) is 0 Å². The van der Waals surface area contributed by atoms with Gasteiger partial charge in [-0.15, -0.1) is 11.3 Å². The summed E-state index contributed by atoms with van der Waals surface area (Å²) in [5.74, 6) is -0.0588. The number of rotatable bonds is 5. The van der Waals surface area contributed by atoms with E-state index in [1.165, 1.54) is 11.3 Å². The van der Waals surface area contributed by atoms with Gasteiger partial charge in [-0.25, -0.2) is 15.0 Å². The summed E-state index contributed by atoms with van der Waals surface area (Å²) >= 11 is 1.47. The first-order chi connectivity index (χ1) is 14.6. The third-order valence-corrected chi connectivity index (χ3v) is 5.95. The van der Waals surface area contributed by atoms with E-state index in [4.69, 9.17) is 5.73 Å². The average molecular weight is 422 g/mol. The molecule has 0 spiro atoms. The van der Waals surface area contributed by atoms with Gasteiger partial charge in [-0.05, 0) is 12.1 Å². The van der Waals surface area contributed by atoms with Crippen LogP contribution in [0.25, 0.3) is 11.0 Å². The van der Waals surface area contributed by atoms with Crippen LogP contribution in [-0.2, 0) is 19.5 Å². The SMILES string of the molecule is NC(=O)c1nc2c(C(=O)Nc3nc4c(s3)CN(Cc3ncc[nH]3)CC4)cccc2[nH]1. The minimum Gasteiger partial charge on any atom is -0.363 e. The van der Waals surface area contributed by atoms with Crippen LogP contribution in [0, 0.1) is 0 Å². The molecule has 10 nitrogen and oxygen atoms in total. The lowest BCUT2D eigenvalue weighted by molar-refractivity contribution is 0.0989. The molecule has 152 valence electrons. The van der Waals surface area contributed by atoms with Gasteiger partial charge in [-0.2, -0.15) is 0 Å². The van der Waals surface area contributed by atoms with Crippen molar-refractivity contribution in [3.8, 4) is 0 Å². The molecular formula is C19H18N8O2S. The van der Waals surface area contributed by atoms with Crippen molar-refractivity contribution >= 4 is 39.3 Å². The second kappa shape index (κ2) is 7.35. The Morgan fingerprint density at radius 3 is 3.00 bits per heavy atom. The first kappa shape index (κ1) is 18.5. The number of para-hydroxylation sites is 1. The molecule has 1 aromatic carbocycles. The quantitative estimate of drug-likeness (QED) is 0.385. The summed E-state index contributed by atoms with van der Waals surface area (Å²) in [4.78, 5) is 46.7. The van der Waals surface area contributed by atoms with Crippen LogP contribution in [0.1, 0.15) is 37.4 Å². The minimum atomic E-state index is -0.677. The standard InChI is InChI=1S/C19H18N8O2S/c20-16(28)17-23-12-3-1-2-10(15(12)25-17)18(29)26-19-24-11-4-7-27(8-13(11)30-19)9-14-21-5-6-22-14/h1-3,5-6H,4,7-9H2,(H2,20,28)(H,21,22)(H,23,25)(H,24,26,29). The smallest absolute Gasteiger partial charge is 0.284 e. The van der Waals surface area contributed by atoms with Gasteiger partial charge in [0.1, 0.15) is 11.3 Å². The molecule has 0 bridgehead atoms. The molecule has 1 aliphatic rings. The zero-order chi connectivity index (χ0) is 20.7. The molecule has 0 radical (unpaired) electrons. The van der Waals surface area contributed by atoms with Gasteiger partial charge >= 0.3 is 0 Å². The lowest BCUT2D eigenvalue weighted by atomic mass is 10.1. The fourth-order valence-corrected chi connectivity index (χ4v) is 4.58. The van der Waals surface area contributed by atoms with Crippen LogP contribution in [0.15, 0.2) is 30.6 Å². The molecule has 4 aromatic rings. The van der Waals surface area contributed by atoms with Gasteiger partial charge in [-0.1, -0.05) is 6.07 Å². The number of amides is 2. The molecular weight excluding hydrogens is 404 g/mol. The summed E-state index contributed by atoms with van der Waals surface area (Å²) in [7, 11) is 0. The fourth-order valence-electron chi connectivity index (χ4n) is 3.53. The number of aromatic amines is 2. The molecule has 2 amide bonds. The lowest BCUT2D eigenvalue weighted by Gasteiger charge is -2.24. The maximum absolute atomic E-state index is 12.9. The van der Waals surface area contributed by atoms with E-state index < -0.39 is 5.91 Å². The molecule has 0 aliphatic carbocycles. The number of carbonyl (C=O) groups is 2. The van der Waals surface area contributed by atoms with E-state index in [0.717, 1.165) is 42.5 Å². The molecule has 0 fully saturated rings. The van der Waals surface area contributed by atoms with Gasteiger partial charge < -0.3 is 15.7 Å². The number of nitrogens with two attached hydrogens (primary N) is 1. The second-order valence-corrected chi connectivity index (χ2v) is 8.07. The number of benzene rings is 1. The van der Waals surface area contributed by atoms with Gasteiger partial charge in [0.05, 0.1) is 23.3 Å². The highest BCUT2D eigenvalue weighted by molar-refractivity contribution is 7.15. The van der Waals surface area contributed by atoms with Gasteiger partial charge in [0.2, 0.25) is 0 Å². The van der Waals surface area contributed by atoms with E-state index in [2.05, 4.69) is 35.1 Å². The summed E-state index contributed by atoms with van der Waals surface area (Å²) in [6.07, 6.45) is 4.38. The number of anilines is 1. The van der Waals surface area contributed by atoms with E-state index in [1.807, 2.05) is 6.20 Å². The van der Waals surface area contributed by atoms with Gasteiger partial charge in [0.25, 0.3) is 11.8 Å². The first-order valence-corrected chi connectivity index (χ1v) is 10.2. The van der Waals surface area contributed by atoms with Crippen molar-refractivity contribution < 1.29 is 9.59 Å². The summed E-state index contributed by atoms with van der Waals surface area (Å²) in [6.45, 7) is 2.39. The number of carbonyl (C=O) groups excluding carboxylic acids is 2. The van der Waals surface area contributed by atoms with Crippen molar-refractivity contribution in [2.24, 2.45) is 5.73 Å². The van der Waals surface area contributed by atoms with E-state index in [0.29, 0.717) is 21.7 Å². The monoisotopic (exact) mass is 422 g/mol. The van der Waals surface area contributed by atoms with Gasteiger partial charge in [-0.3, -0.25) is 19.8 Å². The number of nitrogens with zero attached hydrogens (tertiary/aromatic N) is 4.